The maximum absolute atomic E-state index is 10.8. The SMILES string of the molecule is CCCCCC(CC)(c1ccc(O)c(C2CCCCC2)c1)c1ccc(O)c(C2CCCCC2)c1. The second-order valence-electron chi connectivity index (χ2n) is 11.1. The highest BCUT2D eigenvalue weighted by atomic mass is 16.3. The summed E-state index contributed by atoms with van der Waals surface area (Å²) < 4.78 is 0. The zero-order valence-corrected chi connectivity index (χ0v) is 21.6. The summed E-state index contributed by atoms with van der Waals surface area (Å²) in [6.45, 7) is 4.60. The zero-order valence-electron chi connectivity index (χ0n) is 21.6. The van der Waals surface area contributed by atoms with Crippen LogP contribution in [-0.4, -0.2) is 10.2 Å². The van der Waals surface area contributed by atoms with Gasteiger partial charge < -0.3 is 10.2 Å². The van der Waals surface area contributed by atoms with Crippen molar-refractivity contribution in [2.45, 2.75) is 127 Å². The first kappa shape index (κ1) is 25.1. The Morgan fingerprint density at radius 3 is 1.56 bits per heavy atom. The van der Waals surface area contributed by atoms with Gasteiger partial charge in [-0.3, -0.25) is 0 Å². The molecule has 0 radical (unpaired) electrons. The number of phenols is 2. The van der Waals surface area contributed by atoms with Gasteiger partial charge in [-0.1, -0.05) is 95.9 Å². The van der Waals surface area contributed by atoms with Crippen molar-refractivity contribution in [1.29, 1.82) is 0 Å². The zero-order chi connectivity index (χ0) is 24.0. The number of unbranched alkanes of at least 4 members (excludes halogenated alkanes) is 2. The van der Waals surface area contributed by atoms with E-state index in [1.807, 2.05) is 12.1 Å². The molecule has 2 heteroatoms. The molecule has 4 rings (SSSR count). The molecule has 2 fully saturated rings. The van der Waals surface area contributed by atoms with Gasteiger partial charge in [0.2, 0.25) is 0 Å². The van der Waals surface area contributed by atoms with Gasteiger partial charge >= 0.3 is 0 Å². The molecule has 0 spiro atoms. The van der Waals surface area contributed by atoms with E-state index in [0.717, 1.165) is 24.0 Å². The van der Waals surface area contributed by atoms with Gasteiger partial charge in [-0.15, -0.1) is 0 Å². The number of rotatable bonds is 9. The molecule has 2 aliphatic rings. The lowest BCUT2D eigenvalue weighted by atomic mass is 9.67. The van der Waals surface area contributed by atoms with Crippen molar-refractivity contribution >= 4 is 0 Å². The summed E-state index contributed by atoms with van der Waals surface area (Å²) in [4.78, 5) is 0. The summed E-state index contributed by atoms with van der Waals surface area (Å²) in [5.74, 6) is 1.92. The van der Waals surface area contributed by atoms with Crippen molar-refractivity contribution in [3.05, 3.63) is 58.7 Å². The number of hydrogen-bond donors (Lipinski definition) is 2. The van der Waals surface area contributed by atoms with Crippen molar-refractivity contribution in [2.75, 3.05) is 0 Å². The average molecular weight is 463 g/mol. The van der Waals surface area contributed by atoms with E-state index < -0.39 is 0 Å². The minimum Gasteiger partial charge on any atom is -0.508 e. The Kier molecular flexibility index (Phi) is 8.61. The van der Waals surface area contributed by atoms with Crippen LogP contribution in [0.25, 0.3) is 0 Å². The van der Waals surface area contributed by atoms with E-state index in [-0.39, 0.29) is 5.41 Å². The van der Waals surface area contributed by atoms with Gasteiger partial charge in [0, 0.05) is 5.41 Å². The van der Waals surface area contributed by atoms with E-state index >= 15 is 0 Å². The van der Waals surface area contributed by atoms with Gasteiger partial charge in [0.15, 0.2) is 0 Å². The van der Waals surface area contributed by atoms with Crippen LogP contribution in [0.15, 0.2) is 36.4 Å². The van der Waals surface area contributed by atoms with E-state index in [0.29, 0.717) is 23.3 Å². The minimum absolute atomic E-state index is 0.0800. The monoisotopic (exact) mass is 462 g/mol. The third-order valence-electron chi connectivity index (χ3n) is 9.06. The molecule has 0 aromatic heterocycles. The Hall–Kier alpha value is -1.96. The van der Waals surface area contributed by atoms with Crippen LogP contribution in [0.1, 0.15) is 144 Å². The quantitative estimate of drug-likeness (QED) is 0.364. The lowest BCUT2D eigenvalue weighted by Crippen LogP contribution is -2.28. The highest BCUT2D eigenvalue weighted by Gasteiger charge is 2.34. The van der Waals surface area contributed by atoms with Crippen molar-refractivity contribution in [3.63, 3.8) is 0 Å². The first-order valence-electron chi connectivity index (χ1n) is 14.3. The molecule has 0 aliphatic heterocycles. The lowest BCUT2D eigenvalue weighted by molar-refractivity contribution is 0.402. The Morgan fingerprint density at radius 2 is 1.15 bits per heavy atom. The van der Waals surface area contributed by atoms with Crippen molar-refractivity contribution in [3.8, 4) is 11.5 Å². The molecule has 2 nitrogen and oxygen atoms in total. The van der Waals surface area contributed by atoms with Crippen LogP contribution in [0.5, 0.6) is 11.5 Å². The number of phenolic OH excluding ortho intramolecular Hbond substituents is 2. The highest BCUT2D eigenvalue weighted by Crippen LogP contribution is 2.47. The molecule has 2 saturated carbocycles. The molecule has 0 amide bonds. The molecule has 186 valence electrons. The molecule has 2 N–H and O–H groups in total. The van der Waals surface area contributed by atoms with E-state index in [1.54, 1.807) is 0 Å². The fraction of sp³-hybridized carbons (Fsp3) is 0.625. The van der Waals surface area contributed by atoms with Gasteiger partial charge in [-0.2, -0.15) is 0 Å². The average Bonchev–Trinajstić information content (AvgIpc) is 2.89. The number of hydrogen-bond acceptors (Lipinski definition) is 2. The molecule has 2 aromatic carbocycles. The summed E-state index contributed by atoms with van der Waals surface area (Å²) in [7, 11) is 0. The smallest absolute Gasteiger partial charge is 0.119 e. The fourth-order valence-corrected chi connectivity index (χ4v) is 6.90. The Morgan fingerprint density at radius 1 is 0.676 bits per heavy atom. The van der Waals surface area contributed by atoms with Gasteiger partial charge in [-0.05, 0) is 84.7 Å². The molecule has 0 bridgehead atoms. The Bertz CT molecular complexity index is 851. The first-order valence-corrected chi connectivity index (χ1v) is 14.3. The maximum Gasteiger partial charge on any atom is 0.119 e. The topological polar surface area (TPSA) is 40.5 Å². The number of benzene rings is 2. The summed E-state index contributed by atoms with van der Waals surface area (Å²) >= 11 is 0. The van der Waals surface area contributed by atoms with Crippen molar-refractivity contribution < 1.29 is 10.2 Å². The van der Waals surface area contributed by atoms with E-state index in [2.05, 4.69) is 38.1 Å². The van der Waals surface area contributed by atoms with Crippen LogP contribution >= 0.6 is 0 Å². The first-order chi connectivity index (χ1) is 16.6. The van der Waals surface area contributed by atoms with E-state index in [9.17, 15) is 10.2 Å². The molecular weight excluding hydrogens is 416 g/mol. The van der Waals surface area contributed by atoms with Gasteiger partial charge in [0.05, 0.1) is 0 Å². The molecule has 2 aliphatic carbocycles. The predicted molar refractivity (Wildman–Crippen MR) is 143 cm³/mol. The fourth-order valence-electron chi connectivity index (χ4n) is 6.90. The van der Waals surface area contributed by atoms with Gasteiger partial charge in [-0.25, -0.2) is 0 Å². The minimum atomic E-state index is -0.0800. The third-order valence-corrected chi connectivity index (χ3v) is 9.06. The number of aromatic hydroxyl groups is 2. The summed E-state index contributed by atoms with van der Waals surface area (Å²) in [5.41, 5.74) is 4.95. The molecule has 0 atom stereocenters. The standard InChI is InChI=1S/C32H46O2/c1-3-5-12-21-32(4-2,26-17-19-30(33)28(22-26)24-13-8-6-9-14-24)27-18-20-31(34)29(23-27)25-15-10-7-11-16-25/h17-20,22-25,33-34H,3-16,21H2,1-2H3. The van der Waals surface area contributed by atoms with Crippen LogP contribution in [0, 0.1) is 0 Å². The Labute approximate surface area is 207 Å². The summed E-state index contributed by atoms with van der Waals surface area (Å²) in [5, 5.41) is 21.7. The van der Waals surface area contributed by atoms with Crippen molar-refractivity contribution in [1.82, 2.24) is 0 Å². The third kappa shape index (κ3) is 5.31. The molecular formula is C32H46O2. The molecule has 2 aromatic rings. The van der Waals surface area contributed by atoms with Crippen LogP contribution in [-0.2, 0) is 5.41 Å². The van der Waals surface area contributed by atoms with Crippen LogP contribution in [0.4, 0.5) is 0 Å². The van der Waals surface area contributed by atoms with Crippen LogP contribution < -0.4 is 0 Å². The molecule has 0 saturated heterocycles. The van der Waals surface area contributed by atoms with Gasteiger partial charge in [0.25, 0.3) is 0 Å². The maximum atomic E-state index is 10.8. The van der Waals surface area contributed by atoms with Crippen LogP contribution in [0.3, 0.4) is 0 Å². The largest absolute Gasteiger partial charge is 0.508 e. The summed E-state index contributed by atoms with van der Waals surface area (Å²) in [6.07, 6.45) is 18.3. The normalized spacial score (nSPS) is 18.3. The second kappa shape index (κ2) is 11.6. The predicted octanol–water partition coefficient (Wildman–Crippen LogP) is 9.47. The highest BCUT2D eigenvalue weighted by molar-refractivity contribution is 5.49. The molecule has 0 unspecified atom stereocenters. The van der Waals surface area contributed by atoms with Crippen molar-refractivity contribution in [2.24, 2.45) is 0 Å². The van der Waals surface area contributed by atoms with E-state index in [4.69, 9.17) is 0 Å². The molecule has 0 heterocycles. The second-order valence-corrected chi connectivity index (χ2v) is 11.1. The van der Waals surface area contributed by atoms with Crippen LogP contribution in [0.2, 0.25) is 0 Å². The lowest BCUT2D eigenvalue weighted by Gasteiger charge is -2.37. The summed E-state index contributed by atoms with van der Waals surface area (Å²) in [6, 6.07) is 13.0. The molecule has 34 heavy (non-hydrogen) atoms. The Balaban J connectivity index is 1.78. The van der Waals surface area contributed by atoms with Gasteiger partial charge in [0.1, 0.15) is 11.5 Å². The van der Waals surface area contributed by atoms with E-state index in [1.165, 1.54) is 94.6 Å².